The van der Waals surface area contributed by atoms with Crippen LogP contribution in [0.4, 0.5) is 5.69 Å². The number of hydrogen-bond donors (Lipinski definition) is 2. The molecular formula is C15H22ClN3O2. The van der Waals surface area contributed by atoms with E-state index in [0.29, 0.717) is 11.3 Å². The molecule has 1 aromatic carbocycles. The van der Waals surface area contributed by atoms with Gasteiger partial charge in [-0.05, 0) is 37.1 Å². The highest BCUT2D eigenvalue weighted by Gasteiger charge is 2.36. The van der Waals surface area contributed by atoms with E-state index in [2.05, 4.69) is 5.32 Å². The van der Waals surface area contributed by atoms with Crippen LogP contribution in [-0.2, 0) is 4.79 Å². The Balaban J connectivity index is 0.00000220. The SMILES string of the molecule is CN(C)C(=O)c1ccc(NC(=O)C2(N)CCCC2)cc1.Cl. The minimum atomic E-state index is -0.738. The fraction of sp³-hybridized carbons (Fsp3) is 0.467. The molecule has 0 radical (unpaired) electrons. The first-order chi connectivity index (χ1) is 9.42. The summed E-state index contributed by atoms with van der Waals surface area (Å²) in [6.45, 7) is 0. The molecule has 0 aliphatic heterocycles. The highest BCUT2D eigenvalue weighted by atomic mass is 35.5. The summed E-state index contributed by atoms with van der Waals surface area (Å²) in [5.41, 5.74) is 6.62. The Kier molecular flexibility index (Phi) is 5.75. The lowest BCUT2D eigenvalue weighted by Crippen LogP contribution is -2.48. The summed E-state index contributed by atoms with van der Waals surface area (Å²) in [7, 11) is 3.41. The van der Waals surface area contributed by atoms with E-state index in [9.17, 15) is 9.59 Å². The zero-order valence-electron chi connectivity index (χ0n) is 12.4. The van der Waals surface area contributed by atoms with Gasteiger partial charge in [0.05, 0.1) is 5.54 Å². The molecule has 2 amide bonds. The van der Waals surface area contributed by atoms with Gasteiger partial charge in [0.25, 0.3) is 5.91 Å². The standard InChI is InChI=1S/C15H21N3O2.ClH/c1-18(2)13(19)11-5-7-12(8-6-11)17-14(20)15(16)9-3-4-10-15;/h5-8H,3-4,9-10,16H2,1-2H3,(H,17,20);1H. The van der Waals surface area contributed by atoms with Gasteiger partial charge in [0.1, 0.15) is 0 Å². The van der Waals surface area contributed by atoms with Crippen molar-refractivity contribution in [2.45, 2.75) is 31.2 Å². The molecule has 116 valence electrons. The third kappa shape index (κ3) is 3.95. The van der Waals surface area contributed by atoms with Gasteiger partial charge in [-0.15, -0.1) is 12.4 Å². The van der Waals surface area contributed by atoms with Crippen LogP contribution in [0.25, 0.3) is 0 Å². The summed E-state index contributed by atoms with van der Waals surface area (Å²) in [6, 6.07) is 6.87. The predicted octanol–water partition coefficient (Wildman–Crippen LogP) is 2.02. The monoisotopic (exact) mass is 311 g/mol. The number of nitrogens with one attached hydrogen (secondary N) is 1. The Bertz CT molecular complexity index is 508. The van der Waals surface area contributed by atoms with Gasteiger partial charge in [-0.2, -0.15) is 0 Å². The summed E-state index contributed by atoms with van der Waals surface area (Å²) in [5.74, 6) is -0.198. The minimum absolute atomic E-state index is 0. The van der Waals surface area contributed by atoms with Crippen LogP contribution in [0.5, 0.6) is 0 Å². The molecule has 0 saturated heterocycles. The van der Waals surface area contributed by atoms with Crippen molar-refractivity contribution in [2.75, 3.05) is 19.4 Å². The third-order valence-corrected chi connectivity index (χ3v) is 3.74. The number of carbonyl (C=O) groups excluding carboxylic acids is 2. The van der Waals surface area contributed by atoms with Crippen LogP contribution in [0, 0.1) is 0 Å². The molecule has 0 spiro atoms. The predicted molar refractivity (Wildman–Crippen MR) is 85.7 cm³/mol. The number of halogens is 1. The molecule has 0 bridgehead atoms. The Morgan fingerprint density at radius 1 is 1.14 bits per heavy atom. The number of rotatable bonds is 3. The third-order valence-electron chi connectivity index (χ3n) is 3.74. The first-order valence-corrected chi connectivity index (χ1v) is 6.84. The summed E-state index contributed by atoms with van der Waals surface area (Å²) < 4.78 is 0. The van der Waals surface area contributed by atoms with Crippen molar-refractivity contribution in [3.63, 3.8) is 0 Å². The Hall–Kier alpha value is -1.59. The van der Waals surface area contributed by atoms with Gasteiger partial charge in [-0.3, -0.25) is 9.59 Å². The number of amides is 2. The van der Waals surface area contributed by atoms with E-state index < -0.39 is 5.54 Å². The molecule has 3 N–H and O–H groups in total. The van der Waals surface area contributed by atoms with Crippen molar-refractivity contribution >= 4 is 29.9 Å². The Morgan fingerprint density at radius 2 is 1.67 bits per heavy atom. The lowest BCUT2D eigenvalue weighted by molar-refractivity contribution is -0.121. The number of hydrogen-bond acceptors (Lipinski definition) is 3. The van der Waals surface area contributed by atoms with Crippen molar-refractivity contribution in [1.82, 2.24) is 4.90 Å². The second-order valence-corrected chi connectivity index (χ2v) is 5.59. The van der Waals surface area contributed by atoms with Gasteiger partial charge >= 0.3 is 0 Å². The van der Waals surface area contributed by atoms with E-state index in [1.54, 1.807) is 38.4 Å². The maximum atomic E-state index is 12.2. The molecule has 1 saturated carbocycles. The van der Waals surface area contributed by atoms with E-state index >= 15 is 0 Å². The highest BCUT2D eigenvalue weighted by Crippen LogP contribution is 2.28. The van der Waals surface area contributed by atoms with Gasteiger partial charge in [0.15, 0.2) is 0 Å². The van der Waals surface area contributed by atoms with E-state index in [1.807, 2.05) is 0 Å². The number of anilines is 1. The van der Waals surface area contributed by atoms with Crippen LogP contribution >= 0.6 is 12.4 Å². The zero-order chi connectivity index (χ0) is 14.8. The molecule has 0 atom stereocenters. The van der Waals surface area contributed by atoms with Crippen molar-refractivity contribution < 1.29 is 9.59 Å². The van der Waals surface area contributed by atoms with Gasteiger partial charge in [0.2, 0.25) is 5.91 Å². The van der Waals surface area contributed by atoms with Crippen molar-refractivity contribution in [3.05, 3.63) is 29.8 Å². The van der Waals surface area contributed by atoms with Gasteiger partial charge < -0.3 is 16.0 Å². The number of nitrogens with zero attached hydrogens (tertiary/aromatic N) is 1. The van der Waals surface area contributed by atoms with Crippen LogP contribution in [0.2, 0.25) is 0 Å². The molecular weight excluding hydrogens is 290 g/mol. The largest absolute Gasteiger partial charge is 0.345 e. The molecule has 1 fully saturated rings. The second-order valence-electron chi connectivity index (χ2n) is 5.59. The Labute approximate surface area is 131 Å². The fourth-order valence-corrected chi connectivity index (χ4v) is 2.44. The van der Waals surface area contributed by atoms with Crippen LogP contribution in [0.1, 0.15) is 36.0 Å². The molecule has 0 unspecified atom stereocenters. The second kappa shape index (κ2) is 6.91. The van der Waals surface area contributed by atoms with Crippen LogP contribution in [0.3, 0.4) is 0 Å². The lowest BCUT2D eigenvalue weighted by Gasteiger charge is -2.22. The molecule has 1 aliphatic rings. The van der Waals surface area contributed by atoms with E-state index in [4.69, 9.17) is 5.73 Å². The van der Waals surface area contributed by atoms with Gasteiger partial charge in [-0.1, -0.05) is 12.8 Å². The first-order valence-electron chi connectivity index (χ1n) is 6.84. The summed E-state index contributed by atoms with van der Waals surface area (Å²) in [4.78, 5) is 25.4. The maximum Gasteiger partial charge on any atom is 0.253 e. The molecule has 0 aromatic heterocycles. The zero-order valence-corrected chi connectivity index (χ0v) is 13.2. The van der Waals surface area contributed by atoms with E-state index in [-0.39, 0.29) is 24.2 Å². The van der Waals surface area contributed by atoms with Gasteiger partial charge in [0, 0.05) is 25.3 Å². The van der Waals surface area contributed by atoms with Crippen molar-refractivity contribution in [1.29, 1.82) is 0 Å². The van der Waals surface area contributed by atoms with Crippen LogP contribution in [-0.4, -0.2) is 36.3 Å². The lowest BCUT2D eigenvalue weighted by atomic mass is 9.98. The molecule has 5 nitrogen and oxygen atoms in total. The smallest absolute Gasteiger partial charge is 0.253 e. The topological polar surface area (TPSA) is 75.4 Å². The average Bonchev–Trinajstić information content (AvgIpc) is 2.87. The number of carbonyl (C=O) groups is 2. The minimum Gasteiger partial charge on any atom is -0.345 e. The van der Waals surface area contributed by atoms with Crippen molar-refractivity contribution in [2.24, 2.45) is 5.73 Å². The summed E-state index contributed by atoms with van der Waals surface area (Å²) >= 11 is 0. The summed E-state index contributed by atoms with van der Waals surface area (Å²) in [5, 5.41) is 2.83. The van der Waals surface area contributed by atoms with E-state index in [1.165, 1.54) is 4.90 Å². The molecule has 1 aromatic rings. The quantitative estimate of drug-likeness (QED) is 0.896. The first kappa shape index (κ1) is 17.5. The number of benzene rings is 1. The van der Waals surface area contributed by atoms with Crippen molar-refractivity contribution in [3.8, 4) is 0 Å². The maximum absolute atomic E-state index is 12.2. The molecule has 21 heavy (non-hydrogen) atoms. The molecule has 1 aliphatic carbocycles. The normalized spacial score (nSPS) is 16.0. The van der Waals surface area contributed by atoms with Crippen LogP contribution < -0.4 is 11.1 Å². The summed E-state index contributed by atoms with van der Waals surface area (Å²) in [6.07, 6.45) is 3.46. The highest BCUT2D eigenvalue weighted by molar-refractivity contribution is 5.99. The van der Waals surface area contributed by atoms with E-state index in [0.717, 1.165) is 25.7 Å². The molecule has 6 heteroatoms. The fourth-order valence-electron chi connectivity index (χ4n) is 2.44. The average molecular weight is 312 g/mol. The molecule has 2 rings (SSSR count). The number of nitrogens with two attached hydrogens (primary N) is 1. The Morgan fingerprint density at radius 3 is 2.14 bits per heavy atom. The molecule has 0 heterocycles. The van der Waals surface area contributed by atoms with Crippen LogP contribution in [0.15, 0.2) is 24.3 Å². The van der Waals surface area contributed by atoms with Gasteiger partial charge in [-0.25, -0.2) is 0 Å².